The van der Waals surface area contributed by atoms with E-state index in [-0.39, 0.29) is 0 Å². The van der Waals surface area contributed by atoms with Crippen molar-refractivity contribution in [3.63, 3.8) is 0 Å². The highest BCUT2D eigenvalue weighted by atomic mass is 32.2. The molecule has 0 aliphatic carbocycles. The molecule has 0 unspecified atom stereocenters. The normalized spacial score (nSPS) is 11.5. The van der Waals surface area contributed by atoms with Gasteiger partial charge in [-0.25, -0.2) is 15.0 Å². The van der Waals surface area contributed by atoms with Gasteiger partial charge in [-0.05, 0) is 30.0 Å². The van der Waals surface area contributed by atoms with Crippen molar-refractivity contribution in [3.8, 4) is 0 Å². The zero-order valence-electron chi connectivity index (χ0n) is 11.0. The zero-order valence-corrected chi connectivity index (χ0v) is 12.6. The Balaban J connectivity index is 1.79. The minimum atomic E-state index is 0.749. The maximum Gasteiger partial charge on any atom is 0.162 e. The molecule has 1 aromatic carbocycles. The summed E-state index contributed by atoms with van der Waals surface area (Å²) in [5.41, 5.74) is 8.32. The summed E-state index contributed by atoms with van der Waals surface area (Å²) >= 11 is 3.13. The van der Waals surface area contributed by atoms with E-state index < -0.39 is 0 Å². The Morgan fingerprint density at radius 1 is 1.29 bits per heavy atom. The van der Waals surface area contributed by atoms with E-state index in [1.807, 2.05) is 25.2 Å². The van der Waals surface area contributed by atoms with Gasteiger partial charge in [-0.15, -0.1) is 11.3 Å². The molecule has 0 amide bonds. The molecule has 6 nitrogen and oxygen atoms in total. The monoisotopic (exact) mass is 314 g/mol. The van der Waals surface area contributed by atoms with Crippen molar-refractivity contribution >= 4 is 50.0 Å². The first-order chi connectivity index (χ1) is 10.2. The molecule has 2 N–H and O–H groups in total. The zero-order chi connectivity index (χ0) is 14.4. The summed E-state index contributed by atoms with van der Waals surface area (Å²) in [6.07, 6.45) is 3.33. The molecule has 21 heavy (non-hydrogen) atoms. The van der Waals surface area contributed by atoms with Gasteiger partial charge in [-0.3, -0.25) is 4.68 Å². The topological polar surface area (TPSA) is 82.5 Å². The second-order valence-corrected chi connectivity index (χ2v) is 6.76. The number of thiazole rings is 1. The second-order valence-electron chi connectivity index (χ2n) is 4.49. The van der Waals surface area contributed by atoms with Gasteiger partial charge in [-0.1, -0.05) is 0 Å². The minimum absolute atomic E-state index is 0.749. The molecule has 0 fully saturated rings. The van der Waals surface area contributed by atoms with Crippen molar-refractivity contribution in [1.82, 2.24) is 24.7 Å². The van der Waals surface area contributed by atoms with Crippen molar-refractivity contribution in [2.45, 2.75) is 9.37 Å². The van der Waals surface area contributed by atoms with Gasteiger partial charge in [0.05, 0.1) is 21.8 Å². The predicted octanol–water partition coefficient (Wildman–Crippen LogP) is 2.71. The Morgan fingerprint density at radius 3 is 3.10 bits per heavy atom. The summed E-state index contributed by atoms with van der Waals surface area (Å²) in [7, 11) is 1.87. The second kappa shape index (κ2) is 4.68. The first-order valence-corrected chi connectivity index (χ1v) is 7.80. The third-order valence-electron chi connectivity index (χ3n) is 3.07. The van der Waals surface area contributed by atoms with Crippen LogP contribution in [-0.4, -0.2) is 24.7 Å². The summed E-state index contributed by atoms with van der Waals surface area (Å²) in [6.45, 7) is 0. The van der Waals surface area contributed by atoms with E-state index >= 15 is 0 Å². The summed E-state index contributed by atoms with van der Waals surface area (Å²) in [4.78, 5) is 13.2. The van der Waals surface area contributed by atoms with Gasteiger partial charge in [0.2, 0.25) is 0 Å². The molecular formula is C13H10N6S2. The molecule has 0 bridgehead atoms. The predicted molar refractivity (Wildman–Crippen MR) is 84.5 cm³/mol. The molecule has 4 rings (SSSR count). The fraction of sp³-hybridized carbons (Fsp3) is 0.0769. The van der Waals surface area contributed by atoms with E-state index in [1.165, 1.54) is 11.8 Å². The lowest BCUT2D eigenvalue weighted by atomic mass is 10.3. The van der Waals surface area contributed by atoms with E-state index in [2.05, 4.69) is 20.1 Å². The third-order valence-corrected chi connectivity index (χ3v) is 5.17. The molecular weight excluding hydrogens is 304 g/mol. The van der Waals surface area contributed by atoms with Crippen molar-refractivity contribution < 1.29 is 0 Å². The van der Waals surface area contributed by atoms with Crippen LogP contribution in [0.4, 0.5) is 5.69 Å². The Kier molecular flexibility index (Phi) is 2.79. The Hall–Kier alpha value is -2.19. The van der Waals surface area contributed by atoms with E-state index in [0.717, 1.165) is 36.3 Å². The van der Waals surface area contributed by atoms with Crippen molar-refractivity contribution in [2.24, 2.45) is 7.05 Å². The lowest BCUT2D eigenvalue weighted by Crippen LogP contribution is -1.92. The molecule has 8 heteroatoms. The standard InChI is InChI=1S/C13H10N6S2/c1-19-11-8(5-17-19)12(16-6-15-11)21-13-18-9-3-2-7(14)4-10(9)20-13/h2-6H,14H2,1H3. The molecule has 0 saturated heterocycles. The smallest absolute Gasteiger partial charge is 0.162 e. The Labute approximate surface area is 128 Å². The number of nitrogens with zero attached hydrogens (tertiary/aromatic N) is 5. The number of anilines is 1. The number of benzene rings is 1. The van der Waals surface area contributed by atoms with E-state index in [1.54, 1.807) is 28.5 Å². The highest BCUT2D eigenvalue weighted by Gasteiger charge is 2.12. The van der Waals surface area contributed by atoms with Crippen molar-refractivity contribution in [3.05, 3.63) is 30.7 Å². The van der Waals surface area contributed by atoms with Crippen LogP contribution in [0.2, 0.25) is 0 Å². The number of nitrogen functional groups attached to an aromatic ring is 1. The molecule has 3 heterocycles. The first-order valence-electron chi connectivity index (χ1n) is 6.17. The number of aromatic nitrogens is 5. The van der Waals surface area contributed by atoms with Crippen LogP contribution in [-0.2, 0) is 7.05 Å². The number of hydrogen-bond donors (Lipinski definition) is 1. The summed E-state index contributed by atoms with van der Waals surface area (Å²) < 4.78 is 3.74. The van der Waals surface area contributed by atoms with Crippen LogP contribution < -0.4 is 5.73 Å². The van der Waals surface area contributed by atoms with Crippen LogP contribution in [0.25, 0.3) is 21.3 Å². The maximum absolute atomic E-state index is 5.80. The molecule has 0 aliphatic heterocycles. The molecule has 0 atom stereocenters. The Morgan fingerprint density at radius 2 is 2.19 bits per heavy atom. The third kappa shape index (κ3) is 2.12. The highest BCUT2D eigenvalue weighted by molar-refractivity contribution is 8.01. The fourth-order valence-electron chi connectivity index (χ4n) is 2.07. The van der Waals surface area contributed by atoms with Crippen molar-refractivity contribution in [1.29, 1.82) is 0 Å². The molecule has 0 radical (unpaired) electrons. The first kappa shape index (κ1) is 12.5. The lowest BCUT2D eigenvalue weighted by molar-refractivity contribution is 0.784. The number of nitrogens with two attached hydrogens (primary N) is 1. The quantitative estimate of drug-likeness (QED) is 0.452. The van der Waals surface area contributed by atoms with Crippen LogP contribution in [0, 0.1) is 0 Å². The SMILES string of the molecule is Cn1ncc2c(Sc3nc4ccc(N)cc4s3)ncnc21. The average molecular weight is 314 g/mol. The Bertz CT molecular complexity index is 958. The number of hydrogen-bond acceptors (Lipinski definition) is 7. The molecule has 4 aromatic rings. The van der Waals surface area contributed by atoms with Crippen LogP contribution in [0.15, 0.2) is 40.1 Å². The fourth-order valence-corrected chi connectivity index (χ4v) is 4.15. The van der Waals surface area contributed by atoms with Gasteiger partial charge in [0.15, 0.2) is 9.99 Å². The average Bonchev–Trinajstić information content (AvgIpc) is 3.03. The van der Waals surface area contributed by atoms with Gasteiger partial charge >= 0.3 is 0 Å². The van der Waals surface area contributed by atoms with Crippen molar-refractivity contribution in [2.75, 3.05) is 5.73 Å². The van der Waals surface area contributed by atoms with Gasteiger partial charge in [0, 0.05) is 12.7 Å². The van der Waals surface area contributed by atoms with Gasteiger partial charge in [0.25, 0.3) is 0 Å². The molecule has 104 valence electrons. The largest absolute Gasteiger partial charge is 0.399 e. The number of rotatable bonds is 2. The number of aryl methyl sites for hydroxylation is 1. The van der Waals surface area contributed by atoms with Gasteiger partial charge in [-0.2, -0.15) is 5.10 Å². The van der Waals surface area contributed by atoms with E-state index in [4.69, 9.17) is 5.73 Å². The van der Waals surface area contributed by atoms with Crippen LogP contribution >= 0.6 is 23.1 Å². The molecule has 0 spiro atoms. The number of fused-ring (bicyclic) bond motifs is 2. The van der Waals surface area contributed by atoms with Crippen LogP contribution in [0.3, 0.4) is 0 Å². The van der Waals surface area contributed by atoms with Gasteiger partial charge in [0.1, 0.15) is 11.4 Å². The summed E-state index contributed by atoms with van der Waals surface area (Å²) in [6, 6.07) is 5.74. The van der Waals surface area contributed by atoms with E-state index in [9.17, 15) is 0 Å². The molecule has 0 saturated carbocycles. The molecule has 3 aromatic heterocycles. The van der Waals surface area contributed by atoms with Crippen LogP contribution in [0.1, 0.15) is 0 Å². The summed E-state index contributed by atoms with van der Waals surface area (Å²) in [5, 5.41) is 6.01. The minimum Gasteiger partial charge on any atom is -0.399 e. The van der Waals surface area contributed by atoms with Crippen LogP contribution in [0.5, 0.6) is 0 Å². The summed E-state index contributed by atoms with van der Waals surface area (Å²) in [5.74, 6) is 0. The molecule has 0 aliphatic rings. The van der Waals surface area contributed by atoms with Gasteiger partial charge < -0.3 is 5.73 Å². The lowest BCUT2D eigenvalue weighted by Gasteiger charge is -1.98. The van der Waals surface area contributed by atoms with E-state index in [0.29, 0.717) is 0 Å². The maximum atomic E-state index is 5.80. The highest BCUT2D eigenvalue weighted by Crippen LogP contribution is 2.36.